The van der Waals surface area contributed by atoms with Crippen LogP contribution in [0.1, 0.15) is 11.3 Å². The van der Waals surface area contributed by atoms with Gasteiger partial charge in [-0.05, 0) is 49.0 Å². The van der Waals surface area contributed by atoms with Crippen LogP contribution in [0.3, 0.4) is 0 Å². The summed E-state index contributed by atoms with van der Waals surface area (Å²) in [5.74, 6) is 2.06. The number of nitrogens with one attached hydrogen (secondary N) is 1. The Morgan fingerprint density at radius 2 is 1.72 bits per heavy atom. The second-order valence-electron chi connectivity index (χ2n) is 8.11. The number of nitrogens with zero attached hydrogens (tertiary/aromatic N) is 4. The van der Waals surface area contributed by atoms with Gasteiger partial charge in [0.1, 0.15) is 13.2 Å². The van der Waals surface area contributed by atoms with E-state index in [1.807, 2.05) is 18.2 Å². The van der Waals surface area contributed by atoms with Crippen molar-refractivity contribution in [1.82, 2.24) is 14.9 Å². The average molecular weight is 452 g/mol. The lowest BCUT2D eigenvalue weighted by Gasteiger charge is -2.34. The first-order chi connectivity index (χ1) is 15.6. The first-order valence-corrected chi connectivity index (χ1v) is 11.2. The van der Waals surface area contributed by atoms with Gasteiger partial charge in [-0.15, -0.1) is 0 Å². The number of rotatable bonds is 5. The van der Waals surface area contributed by atoms with Gasteiger partial charge >= 0.3 is 0 Å². The van der Waals surface area contributed by atoms with Crippen LogP contribution in [0.15, 0.2) is 48.7 Å². The number of aromatic nitrogens is 2. The van der Waals surface area contributed by atoms with Crippen LogP contribution in [0.4, 0.5) is 17.3 Å². The normalized spacial score (nSPS) is 16.1. The molecule has 0 radical (unpaired) electrons. The van der Waals surface area contributed by atoms with Crippen LogP contribution in [-0.2, 0) is 6.42 Å². The molecule has 0 bridgehead atoms. The molecule has 0 aliphatic carbocycles. The summed E-state index contributed by atoms with van der Waals surface area (Å²) >= 11 is 6.39. The molecular weight excluding hydrogens is 426 g/mol. The average Bonchev–Trinajstić information content (AvgIpc) is 2.82. The highest BCUT2D eigenvalue weighted by Crippen LogP contribution is 2.32. The standard InChI is InChI=1S/C24H26ClN5O2/c1-29-8-10-30(11-9-29)19-5-3-18(4-6-19)27-24-26-16-20(25)21(28-24)14-17-2-7-22-23(15-17)32-13-12-31-22/h2-7,15-16H,8-14H2,1H3,(H,26,27,28). The van der Waals surface area contributed by atoms with Gasteiger partial charge in [-0.1, -0.05) is 17.7 Å². The van der Waals surface area contributed by atoms with E-state index in [9.17, 15) is 0 Å². The molecule has 0 atom stereocenters. The van der Waals surface area contributed by atoms with E-state index in [0.717, 1.165) is 54.6 Å². The number of halogens is 1. The predicted octanol–water partition coefficient (Wildman–Crippen LogP) is 3.99. The van der Waals surface area contributed by atoms with Crippen LogP contribution in [0.2, 0.25) is 5.02 Å². The van der Waals surface area contributed by atoms with Crippen molar-refractivity contribution in [3.63, 3.8) is 0 Å². The molecule has 3 heterocycles. The molecule has 32 heavy (non-hydrogen) atoms. The lowest BCUT2D eigenvalue weighted by Crippen LogP contribution is -2.44. The van der Waals surface area contributed by atoms with Gasteiger partial charge in [-0.3, -0.25) is 0 Å². The molecule has 0 unspecified atom stereocenters. The van der Waals surface area contributed by atoms with Crippen molar-refractivity contribution in [3.05, 3.63) is 64.9 Å². The van der Waals surface area contributed by atoms with E-state index in [-0.39, 0.29) is 0 Å². The first-order valence-electron chi connectivity index (χ1n) is 10.8. The quantitative estimate of drug-likeness (QED) is 0.629. The van der Waals surface area contributed by atoms with Crippen molar-refractivity contribution < 1.29 is 9.47 Å². The smallest absolute Gasteiger partial charge is 0.227 e. The van der Waals surface area contributed by atoms with E-state index < -0.39 is 0 Å². The summed E-state index contributed by atoms with van der Waals surface area (Å²) in [6.07, 6.45) is 2.22. The Labute approximate surface area is 192 Å². The minimum Gasteiger partial charge on any atom is -0.486 e. The van der Waals surface area contributed by atoms with Crippen LogP contribution in [0.5, 0.6) is 11.5 Å². The topological polar surface area (TPSA) is 62.8 Å². The van der Waals surface area contributed by atoms with E-state index in [0.29, 0.717) is 30.6 Å². The molecule has 2 aliphatic rings. The van der Waals surface area contributed by atoms with E-state index in [4.69, 9.17) is 21.1 Å². The maximum absolute atomic E-state index is 6.39. The Bertz CT molecular complexity index is 1080. The Hall–Kier alpha value is -3.03. The van der Waals surface area contributed by atoms with Gasteiger partial charge in [0.05, 0.1) is 16.9 Å². The highest BCUT2D eigenvalue weighted by Gasteiger charge is 2.15. The molecule has 7 nitrogen and oxygen atoms in total. The molecule has 0 saturated carbocycles. The Morgan fingerprint density at radius 3 is 2.50 bits per heavy atom. The number of benzene rings is 2. The van der Waals surface area contributed by atoms with Gasteiger partial charge in [0.15, 0.2) is 11.5 Å². The predicted molar refractivity (Wildman–Crippen MR) is 127 cm³/mol. The van der Waals surface area contributed by atoms with Crippen molar-refractivity contribution in [2.45, 2.75) is 6.42 Å². The number of fused-ring (bicyclic) bond motifs is 1. The summed E-state index contributed by atoms with van der Waals surface area (Å²) in [5.41, 5.74) is 3.99. The van der Waals surface area contributed by atoms with Crippen molar-refractivity contribution in [2.75, 3.05) is 56.7 Å². The lowest BCUT2D eigenvalue weighted by atomic mass is 10.1. The van der Waals surface area contributed by atoms with Crippen LogP contribution >= 0.6 is 11.6 Å². The van der Waals surface area contributed by atoms with Gasteiger partial charge < -0.3 is 24.6 Å². The molecule has 2 aromatic carbocycles. The Morgan fingerprint density at radius 1 is 0.969 bits per heavy atom. The van der Waals surface area contributed by atoms with Gasteiger partial charge in [-0.25, -0.2) is 9.97 Å². The molecule has 8 heteroatoms. The zero-order valence-electron chi connectivity index (χ0n) is 18.1. The Kier molecular flexibility index (Phi) is 6.01. The molecular formula is C24H26ClN5O2. The number of hydrogen-bond donors (Lipinski definition) is 1. The molecule has 1 N–H and O–H groups in total. The first kappa shape index (κ1) is 20.8. The summed E-state index contributed by atoms with van der Waals surface area (Å²) in [7, 11) is 2.17. The third kappa shape index (κ3) is 4.74. The van der Waals surface area contributed by atoms with E-state index in [2.05, 4.69) is 56.4 Å². The molecule has 5 rings (SSSR count). The number of piperazine rings is 1. The summed E-state index contributed by atoms with van der Waals surface area (Å²) in [5, 5.41) is 3.83. The maximum atomic E-state index is 6.39. The van der Waals surface area contributed by atoms with Crippen molar-refractivity contribution >= 4 is 28.9 Å². The number of ether oxygens (including phenoxy) is 2. The summed E-state index contributed by atoms with van der Waals surface area (Å²) in [6.45, 7) is 5.41. The molecule has 1 saturated heterocycles. The fourth-order valence-electron chi connectivity index (χ4n) is 3.93. The fourth-order valence-corrected chi connectivity index (χ4v) is 4.08. The lowest BCUT2D eigenvalue weighted by molar-refractivity contribution is 0.171. The van der Waals surface area contributed by atoms with Gasteiger partial charge in [0.2, 0.25) is 5.95 Å². The van der Waals surface area contributed by atoms with Crippen molar-refractivity contribution in [1.29, 1.82) is 0 Å². The summed E-state index contributed by atoms with van der Waals surface area (Å²) < 4.78 is 11.3. The van der Waals surface area contributed by atoms with Crippen LogP contribution in [0, 0.1) is 0 Å². The minimum absolute atomic E-state index is 0.522. The zero-order chi connectivity index (χ0) is 21.9. The highest BCUT2D eigenvalue weighted by atomic mass is 35.5. The SMILES string of the molecule is CN1CCN(c2ccc(Nc3ncc(Cl)c(Cc4ccc5c(c4)OCCO5)n3)cc2)CC1. The third-order valence-corrected chi connectivity index (χ3v) is 6.10. The molecule has 0 spiro atoms. The molecule has 2 aliphatic heterocycles. The number of likely N-dealkylation sites (N-methyl/N-ethyl adjacent to an activating group) is 1. The summed E-state index contributed by atoms with van der Waals surface area (Å²) in [4.78, 5) is 13.8. The van der Waals surface area contributed by atoms with Crippen LogP contribution in [-0.4, -0.2) is 61.3 Å². The van der Waals surface area contributed by atoms with Gasteiger partial charge in [-0.2, -0.15) is 0 Å². The van der Waals surface area contributed by atoms with Crippen LogP contribution in [0.25, 0.3) is 0 Å². The van der Waals surface area contributed by atoms with Crippen molar-refractivity contribution in [3.8, 4) is 11.5 Å². The molecule has 1 aromatic heterocycles. The largest absolute Gasteiger partial charge is 0.486 e. The molecule has 0 amide bonds. The monoisotopic (exact) mass is 451 g/mol. The molecule has 3 aromatic rings. The maximum Gasteiger partial charge on any atom is 0.227 e. The van der Waals surface area contributed by atoms with Gasteiger partial charge in [0.25, 0.3) is 0 Å². The molecule has 1 fully saturated rings. The number of hydrogen-bond acceptors (Lipinski definition) is 7. The summed E-state index contributed by atoms with van der Waals surface area (Å²) in [6, 6.07) is 14.3. The van der Waals surface area contributed by atoms with Gasteiger partial charge in [0, 0.05) is 44.0 Å². The number of anilines is 3. The second-order valence-corrected chi connectivity index (χ2v) is 8.51. The molecule has 166 valence electrons. The van der Waals surface area contributed by atoms with Crippen molar-refractivity contribution in [2.24, 2.45) is 0 Å². The minimum atomic E-state index is 0.522. The van der Waals surface area contributed by atoms with E-state index in [1.54, 1.807) is 6.20 Å². The fraction of sp³-hybridized carbons (Fsp3) is 0.333. The second kappa shape index (κ2) is 9.22. The zero-order valence-corrected chi connectivity index (χ0v) is 18.8. The van der Waals surface area contributed by atoms with Crippen LogP contribution < -0.4 is 19.7 Å². The van der Waals surface area contributed by atoms with E-state index >= 15 is 0 Å². The Balaban J connectivity index is 1.27. The highest BCUT2D eigenvalue weighted by molar-refractivity contribution is 6.31. The third-order valence-electron chi connectivity index (χ3n) is 5.79. The van der Waals surface area contributed by atoms with E-state index in [1.165, 1.54) is 5.69 Å².